The van der Waals surface area contributed by atoms with E-state index >= 15 is 0 Å². The van der Waals surface area contributed by atoms with Crippen molar-refractivity contribution in [1.82, 2.24) is 4.90 Å². The predicted molar refractivity (Wildman–Crippen MR) is 79.9 cm³/mol. The standard InChI is InChI=1S/C17H14N2O3/c18-8-4-9-19(12-14-6-3-10-21-14)17(20)16-11-13-5-1-2-7-15(13)22-16/h1-3,5-7,10-11H,4,9,12H2. The number of rotatable bonds is 5. The highest BCUT2D eigenvalue weighted by Crippen LogP contribution is 2.21. The zero-order chi connectivity index (χ0) is 15.4. The number of carbonyl (C=O) groups is 1. The van der Waals surface area contributed by atoms with Gasteiger partial charge in [-0.15, -0.1) is 0 Å². The number of amides is 1. The maximum atomic E-state index is 12.6. The number of para-hydroxylation sites is 1. The highest BCUT2D eigenvalue weighted by Gasteiger charge is 2.20. The van der Waals surface area contributed by atoms with Crippen LogP contribution in [-0.4, -0.2) is 17.4 Å². The molecule has 0 aliphatic rings. The Kier molecular flexibility index (Phi) is 3.92. The molecule has 110 valence electrons. The van der Waals surface area contributed by atoms with E-state index in [1.54, 1.807) is 29.4 Å². The molecule has 5 heteroatoms. The van der Waals surface area contributed by atoms with Crippen molar-refractivity contribution in [2.75, 3.05) is 6.54 Å². The lowest BCUT2D eigenvalue weighted by atomic mass is 10.2. The molecule has 22 heavy (non-hydrogen) atoms. The van der Waals surface area contributed by atoms with E-state index in [1.807, 2.05) is 24.3 Å². The largest absolute Gasteiger partial charge is 0.467 e. The molecule has 0 fully saturated rings. The Morgan fingerprint density at radius 1 is 1.23 bits per heavy atom. The maximum absolute atomic E-state index is 12.6. The minimum absolute atomic E-state index is 0.247. The molecular formula is C17H14N2O3. The quantitative estimate of drug-likeness (QED) is 0.721. The summed E-state index contributed by atoms with van der Waals surface area (Å²) >= 11 is 0. The predicted octanol–water partition coefficient (Wildman–Crippen LogP) is 3.58. The molecule has 0 unspecified atom stereocenters. The van der Waals surface area contributed by atoms with Gasteiger partial charge in [0.25, 0.3) is 5.91 Å². The van der Waals surface area contributed by atoms with Crippen LogP contribution in [-0.2, 0) is 6.54 Å². The number of hydrogen-bond donors (Lipinski definition) is 0. The van der Waals surface area contributed by atoms with E-state index in [2.05, 4.69) is 6.07 Å². The first-order valence-electron chi connectivity index (χ1n) is 6.95. The molecule has 0 N–H and O–H groups in total. The summed E-state index contributed by atoms with van der Waals surface area (Å²) in [4.78, 5) is 14.2. The molecule has 0 atom stereocenters. The van der Waals surface area contributed by atoms with E-state index in [4.69, 9.17) is 14.1 Å². The van der Waals surface area contributed by atoms with Gasteiger partial charge in [-0.2, -0.15) is 5.26 Å². The van der Waals surface area contributed by atoms with Gasteiger partial charge in [0.05, 0.1) is 25.3 Å². The Morgan fingerprint density at radius 3 is 2.82 bits per heavy atom. The minimum atomic E-state index is -0.247. The number of carbonyl (C=O) groups excluding carboxylic acids is 1. The van der Waals surface area contributed by atoms with Gasteiger partial charge in [0, 0.05) is 11.9 Å². The third-order valence-electron chi connectivity index (χ3n) is 3.34. The Hall–Kier alpha value is -3.00. The SMILES string of the molecule is N#CCCN(Cc1ccco1)C(=O)c1cc2ccccc2o1. The van der Waals surface area contributed by atoms with E-state index in [0.29, 0.717) is 24.4 Å². The molecule has 0 aliphatic carbocycles. The average Bonchev–Trinajstić information content (AvgIpc) is 3.19. The van der Waals surface area contributed by atoms with Crippen LogP contribution in [0.15, 0.2) is 57.6 Å². The first-order chi connectivity index (χ1) is 10.8. The van der Waals surface area contributed by atoms with Gasteiger partial charge >= 0.3 is 0 Å². The lowest BCUT2D eigenvalue weighted by molar-refractivity contribution is 0.0705. The second-order valence-electron chi connectivity index (χ2n) is 4.86. The van der Waals surface area contributed by atoms with Crippen LogP contribution in [0, 0.1) is 11.3 Å². The summed E-state index contributed by atoms with van der Waals surface area (Å²) in [6.45, 7) is 0.637. The van der Waals surface area contributed by atoms with Gasteiger partial charge in [0.15, 0.2) is 5.76 Å². The maximum Gasteiger partial charge on any atom is 0.290 e. The summed E-state index contributed by atoms with van der Waals surface area (Å²) in [7, 11) is 0. The zero-order valence-electron chi connectivity index (χ0n) is 11.9. The smallest absolute Gasteiger partial charge is 0.290 e. The summed E-state index contributed by atoms with van der Waals surface area (Å²) < 4.78 is 10.9. The molecule has 5 nitrogen and oxygen atoms in total. The topological polar surface area (TPSA) is 70.4 Å². The molecule has 1 aromatic carbocycles. The van der Waals surface area contributed by atoms with Crippen LogP contribution in [0.2, 0.25) is 0 Å². The lowest BCUT2D eigenvalue weighted by Gasteiger charge is -2.18. The molecule has 0 aliphatic heterocycles. The summed E-state index contributed by atoms with van der Waals surface area (Å²) in [5.74, 6) is 0.691. The van der Waals surface area contributed by atoms with Crippen LogP contribution in [0.1, 0.15) is 22.7 Å². The number of benzene rings is 1. The van der Waals surface area contributed by atoms with Gasteiger partial charge in [-0.05, 0) is 24.3 Å². The molecule has 1 amide bonds. The van der Waals surface area contributed by atoms with Gasteiger partial charge in [0.1, 0.15) is 11.3 Å². The van der Waals surface area contributed by atoms with Crippen molar-refractivity contribution >= 4 is 16.9 Å². The summed E-state index contributed by atoms with van der Waals surface area (Å²) in [6.07, 6.45) is 1.82. The molecule has 2 heterocycles. The number of furan rings is 2. The molecule has 0 bridgehead atoms. The average molecular weight is 294 g/mol. The summed E-state index contributed by atoms with van der Waals surface area (Å²) in [5, 5.41) is 9.65. The van der Waals surface area contributed by atoms with Crippen LogP contribution in [0.3, 0.4) is 0 Å². The van der Waals surface area contributed by atoms with Crippen LogP contribution < -0.4 is 0 Å². The first kappa shape index (κ1) is 14.0. The van der Waals surface area contributed by atoms with Crippen LogP contribution in [0.5, 0.6) is 0 Å². The highest BCUT2D eigenvalue weighted by atomic mass is 16.3. The fourth-order valence-electron chi connectivity index (χ4n) is 2.27. The molecular weight excluding hydrogens is 280 g/mol. The molecule has 3 rings (SSSR count). The van der Waals surface area contributed by atoms with Crippen LogP contribution >= 0.6 is 0 Å². The van der Waals surface area contributed by atoms with Crippen molar-refractivity contribution in [3.05, 3.63) is 60.2 Å². The lowest BCUT2D eigenvalue weighted by Crippen LogP contribution is -2.31. The number of fused-ring (bicyclic) bond motifs is 1. The van der Waals surface area contributed by atoms with E-state index in [1.165, 1.54) is 0 Å². The van der Waals surface area contributed by atoms with Crippen molar-refractivity contribution in [2.45, 2.75) is 13.0 Å². The Balaban J connectivity index is 1.85. The Morgan fingerprint density at radius 2 is 2.09 bits per heavy atom. The third kappa shape index (κ3) is 2.86. The minimum Gasteiger partial charge on any atom is -0.467 e. The third-order valence-corrected chi connectivity index (χ3v) is 3.34. The van der Waals surface area contributed by atoms with Gasteiger partial charge in [-0.1, -0.05) is 18.2 Å². The van der Waals surface area contributed by atoms with Crippen molar-refractivity contribution in [1.29, 1.82) is 5.26 Å². The van der Waals surface area contributed by atoms with E-state index in [0.717, 1.165) is 5.39 Å². The second-order valence-corrected chi connectivity index (χ2v) is 4.86. The van der Waals surface area contributed by atoms with Gasteiger partial charge in [0.2, 0.25) is 0 Å². The van der Waals surface area contributed by atoms with Gasteiger partial charge in [-0.3, -0.25) is 4.79 Å². The van der Waals surface area contributed by atoms with Crippen molar-refractivity contribution in [2.24, 2.45) is 0 Å². The van der Waals surface area contributed by atoms with Gasteiger partial charge < -0.3 is 13.7 Å². The monoisotopic (exact) mass is 294 g/mol. The number of nitrogens with zero attached hydrogens (tertiary/aromatic N) is 2. The fourth-order valence-corrected chi connectivity index (χ4v) is 2.27. The van der Waals surface area contributed by atoms with Gasteiger partial charge in [-0.25, -0.2) is 0 Å². The fraction of sp³-hybridized carbons (Fsp3) is 0.176. The molecule has 0 spiro atoms. The Bertz CT molecular complexity index is 779. The number of nitriles is 1. The van der Waals surface area contributed by atoms with Crippen LogP contribution in [0.25, 0.3) is 11.0 Å². The molecule has 0 saturated heterocycles. The summed E-state index contributed by atoms with van der Waals surface area (Å²) in [5.41, 5.74) is 0.670. The Labute approximate surface area is 127 Å². The van der Waals surface area contributed by atoms with Crippen LogP contribution in [0.4, 0.5) is 0 Å². The first-order valence-corrected chi connectivity index (χ1v) is 6.95. The normalized spacial score (nSPS) is 10.5. The second kappa shape index (κ2) is 6.19. The molecule has 0 saturated carbocycles. The zero-order valence-corrected chi connectivity index (χ0v) is 11.9. The molecule has 3 aromatic rings. The highest BCUT2D eigenvalue weighted by molar-refractivity contribution is 5.96. The number of hydrogen-bond acceptors (Lipinski definition) is 4. The van der Waals surface area contributed by atoms with Crippen molar-refractivity contribution < 1.29 is 13.6 Å². The van der Waals surface area contributed by atoms with Crippen molar-refractivity contribution in [3.63, 3.8) is 0 Å². The van der Waals surface area contributed by atoms with E-state index in [9.17, 15) is 4.79 Å². The molecule has 0 radical (unpaired) electrons. The van der Waals surface area contributed by atoms with E-state index < -0.39 is 0 Å². The van der Waals surface area contributed by atoms with Crippen molar-refractivity contribution in [3.8, 4) is 6.07 Å². The molecule has 2 aromatic heterocycles. The summed E-state index contributed by atoms with van der Waals surface area (Å²) in [6, 6.07) is 14.8. The van der Waals surface area contributed by atoms with E-state index in [-0.39, 0.29) is 18.1 Å².